The second-order valence-electron chi connectivity index (χ2n) is 7.29. The van der Waals surface area contributed by atoms with Gasteiger partial charge in [-0.25, -0.2) is 0 Å². The molecule has 1 aliphatic rings. The van der Waals surface area contributed by atoms with Crippen LogP contribution in [0.2, 0.25) is 0 Å². The lowest BCUT2D eigenvalue weighted by molar-refractivity contribution is -0.384. The molecule has 1 fully saturated rings. The maximum Gasteiger partial charge on any atom is 0.293 e. The molecular weight excluding hydrogens is 356 g/mol. The maximum absolute atomic E-state index is 11.7. The highest BCUT2D eigenvalue weighted by molar-refractivity contribution is 5.72. The van der Waals surface area contributed by atoms with Gasteiger partial charge in [-0.1, -0.05) is 28.9 Å². The van der Waals surface area contributed by atoms with Crippen LogP contribution in [0.15, 0.2) is 47.0 Å². The van der Waals surface area contributed by atoms with Crippen molar-refractivity contribution in [1.82, 2.24) is 10.1 Å². The van der Waals surface area contributed by atoms with Crippen LogP contribution in [0.5, 0.6) is 0 Å². The van der Waals surface area contributed by atoms with E-state index in [2.05, 4.69) is 22.0 Å². The predicted molar refractivity (Wildman–Crippen MR) is 107 cm³/mol. The zero-order valence-corrected chi connectivity index (χ0v) is 16.0. The van der Waals surface area contributed by atoms with Gasteiger partial charge in [-0.2, -0.15) is 4.98 Å². The molecule has 1 aliphatic heterocycles. The van der Waals surface area contributed by atoms with E-state index in [1.807, 2.05) is 37.3 Å². The lowest BCUT2D eigenvalue weighted by Crippen LogP contribution is -2.37. The summed E-state index contributed by atoms with van der Waals surface area (Å²) in [6, 6.07) is 13.2. The number of nitrogens with zero attached hydrogens (tertiary/aromatic N) is 4. The first-order valence-electron chi connectivity index (χ1n) is 9.49. The second-order valence-corrected chi connectivity index (χ2v) is 7.29. The van der Waals surface area contributed by atoms with Crippen molar-refractivity contribution in [3.8, 4) is 22.8 Å². The normalized spacial score (nSPS) is 16.9. The summed E-state index contributed by atoms with van der Waals surface area (Å²) in [6.45, 7) is 4.94. The monoisotopic (exact) mass is 378 g/mol. The summed E-state index contributed by atoms with van der Waals surface area (Å²) >= 11 is 0. The van der Waals surface area contributed by atoms with Crippen LogP contribution in [0.1, 0.15) is 31.7 Å². The molecule has 7 nitrogen and oxygen atoms in total. The molecule has 0 bridgehead atoms. The first-order chi connectivity index (χ1) is 13.5. The van der Waals surface area contributed by atoms with E-state index >= 15 is 0 Å². The summed E-state index contributed by atoms with van der Waals surface area (Å²) in [4.78, 5) is 18.0. The van der Waals surface area contributed by atoms with Gasteiger partial charge in [-0.15, -0.1) is 0 Å². The Balaban J connectivity index is 1.69. The molecule has 0 N–H and O–H groups in total. The van der Waals surface area contributed by atoms with Gasteiger partial charge in [0.2, 0.25) is 5.82 Å². The topological polar surface area (TPSA) is 85.3 Å². The fourth-order valence-corrected chi connectivity index (χ4v) is 3.74. The molecule has 144 valence electrons. The van der Waals surface area contributed by atoms with Crippen molar-refractivity contribution in [3.63, 3.8) is 0 Å². The molecule has 0 radical (unpaired) electrons. The number of benzene rings is 2. The fourth-order valence-electron chi connectivity index (χ4n) is 3.74. The van der Waals surface area contributed by atoms with Gasteiger partial charge in [-0.3, -0.25) is 10.1 Å². The lowest BCUT2D eigenvalue weighted by atomic mass is 10.0. The highest BCUT2D eigenvalue weighted by Crippen LogP contribution is 2.36. The molecule has 0 spiro atoms. The van der Waals surface area contributed by atoms with Crippen LogP contribution in [0.4, 0.5) is 11.4 Å². The Bertz CT molecular complexity index is 1010. The summed E-state index contributed by atoms with van der Waals surface area (Å²) < 4.78 is 5.39. The van der Waals surface area contributed by atoms with Gasteiger partial charge in [0.05, 0.1) is 4.92 Å². The van der Waals surface area contributed by atoms with E-state index in [0.717, 1.165) is 36.9 Å². The van der Waals surface area contributed by atoms with Gasteiger partial charge in [0, 0.05) is 29.8 Å². The quantitative estimate of drug-likeness (QED) is 0.469. The number of nitro groups is 1. The van der Waals surface area contributed by atoms with Crippen molar-refractivity contribution in [1.29, 1.82) is 0 Å². The molecule has 0 unspecified atom stereocenters. The number of hydrogen-bond acceptors (Lipinski definition) is 6. The minimum absolute atomic E-state index is 0.0709. The van der Waals surface area contributed by atoms with E-state index in [9.17, 15) is 10.1 Å². The summed E-state index contributed by atoms with van der Waals surface area (Å²) in [6.07, 6.45) is 3.25. The minimum atomic E-state index is -0.335. The molecule has 1 saturated heterocycles. The van der Waals surface area contributed by atoms with Gasteiger partial charge < -0.3 is 9.42 Å². The van der Waals surface area contributed by atoms with Gasteiger partial charge in [0.25, 0.3) is 11.6 Å². The number of piperidine rings is 1. The molecule has 0 aliphatic carbocycles. The van der Waals surface area contributed by atoms with Crippen molar-refractivity contribution in [2.75, 3.05) is 11.4 Å². The molecule has 1 atom stereocenters. The van der Waals surface area contributed by atoms with E-state index in [4.69, 9.17) is 4.52 Å². The summed E-state index contributed by atoms with van der Waals surface area (Å²) in [5, 5.41) is 15.8. The minimum Gasteiger partial charge on any atom is -0.363 e. The van der Waals surface area contributed by atoms with Gasteiger partial charge >= 0.3 is 0 Å². The van der Waals surface area contributed by atoms with E-state index in [0.29, 0.717) is 17.1 Å². The Morgan fingerprint density at radius 3 is 2.79 bits per heavy atom. The maximum atomic E-state index is 11.7. The number of hydrogen-bond donors (Lipinski definition) is 0. The largest absolute Gasteiger partial charge is 0.363 e. The van der Waals surface area contributed by atoms with Crippen molar-refractivity contribution in [2.45, 2.75) is 39.2 Å². The molecule has 0 amide bonds. The Labute approximate surface area is 163 Å². The van der Waals surface area contributed by atoms with E-state index in [-0.39, 0.29) is 22.5 Å². The highest BCUT2D eigenvalue weighted by Gasteiger charge is 2.26. The average Bonchev–Trinajstić information content (AvgIpc) is 3.18. The van der Waals surface area contributed by atoms with Crippen molar-refractivity contribution in [2.24, 2.45) is 0 Å². The summed E-state index contributed by atoms with van der Waals surface area (Å²) in [7, 11) is 0. The molecule has 7 heteroatoms. The third-order valence-electron chi connectivity index (χ3n) is 5.23. The second kappa shape index (κ2) is 7.42. The zero-order chi connectivity index (χ0) is 19.7. The lowest BCUT2D eigenvalue weighted by Gasteiger charge is -2.35. The van der Waals surface area contributed by atoms with Crippen LogP contribution >= 0.6 is 0 Å². The van der Waals surface area contributed by atoms with Crippen molar-refractivity contribution < 1.29 is 9.45 Å². The van der Waals surface area contributed by atoms with Gasteiger partial charge in [-0.05, 0) is 51.3 Å². The molecule has 1 aromatic heterocycles. The third kappa shape index (κ3) is 3.47. The zero-order valence-electron chi connectivity index (χ0n) is 16.0. The number of rotatable bonds is 4. The van der Waals surface area contributed by atoms with Crippen LogP contribution in [-0.2, 0) is 0 Å². The first kappa shape index (κ1) is 18.2. The Kier molecular flexibility index (Phi) is 4.81. The number of aryl methyl sites for hydroxylation is 1. The molecule has 4 rings (SSSR count). The smallest absolute Gasteiger partial charge is 0.293 e. The molecule has 2 heterocycles. The number of anilines is 1. The van der Waals surface area contributed by atoms with Crippen LogP contribution in [-0.4, -0.2) is 27.7 Å². The highest BCUT2D eigenvalue weighted by atomic mass is 16.6. The van der Waals surface area contributed by atoms with Crippen LogP contribution in [0.25, 0.3) is 22.8 Å². The summed E-state index contributed by atoms with van der Waals surface area (Å²) in [5.74, 6) is 0.743. The molecule has 0 saturated carbocycles. The van der Waals surface area contributed by atoms with Crippen molar-refractivity contribution in [3.05, 3.63) is 58.1 Å². The molecule has 3 aromatic rings. The standard InChI is InChI=1S/C21H22N4O3/c1-14-6-5-8-16(12-14)20-22-21(28-23-20)17-9-10-18(19(13-17)25(26)27)24-11-4-3-7-15(24)2/h5-6,8-10,12-13,15H,3-4,7,11H2,1-2H3/t15-/m0/s1. The van der Waals surface area contributed by atoms with Crippen molar-refractivity contribution >= 4 is 11.4 Å². The van der Waals surface area contributed by atoms with Crippen LogP contribution in [0.3, 0.4) is 0 Å². The third-order valence-corrected chi connectivity index (χ3v) is 5.23. The molecule has 28 heavy (non-hydrogen) atoms. The van der Waals surface area contributed by atoms with Crippen LogP contribution < -0.4 is 4.90 Å². The van der Waals surface area contributed by atoms with E-state index in [1.54, 1.807) is 6.07 Å². The van der Waals surface area contributed by atoms with Crippen LogP contribution in [0, 0.1) is 17.0 Å². The van der Waals surface area contributed by atoms with Gasteiger partial charge in [0.15, 0.2) is 0 Å². The predicted octanol–water partition coefficient (Wildman–Crippen LogP) is 5.00. The molecule has 2 aromatic carbocycles. The number of aromatic nitrogens is 2. The fraction of sp³-hybridized carbons (Fsp3) is 0.333. The van der Waals surface area contributed by atoms with E-state index in [1.165, 1.54) is 6.07 Å². The summed E-state index contributed by atoms with van der Waals surface area (Å²) in [5.41, 5.74) is 3.22. The average molecular weight is 378 g/mol. The molecular formula is C21H22N4O3. The Morgan fingerprint density at radius 1 is 1.18 bits per heavy atom. The first-order valence-corrected chi connectivity index (χ1v) is 9.49. The van der Waals surface area contributed by atoms with Gasteiger partial charge in [0.1, 0.15) is 5.69 Å². The van der Waals surface area contributed by atoms with E-state index < -0.39 is 0 Å². The SMILES string of the molecule is Cc1cccc(-c2noc(-c3ccc(N4CCCC[C@@H]4C)c([N+](=O)[O-])c3)n2)c1. The number of nitro benzene ring substituents is 1. The Morgan fingerprint density at radius 2 is 2.04 bits per heavy atom. The Hall–Kier alpha value is -3.22.